The van der Waals surface area contributed by atoms with E-state index in [-0.39, 0.29) is 17.9 Å². The van der Waals surface area contributed by atoms with Crippen LogP contribution in [0.25, 0.3) is 0 Å². The second kappa shape index (κ2) is 13.4. The summed E-state index contributed by atoms with van der Waals surface area (Å²) in [7, 11) is 0. The number of carbonyl (C=O) groups excluding carboxylic acids is 3. The van der Waals surface area contributed by atoms with Gasteiger partial charge in [-0.25, -0.2) is 4.79 Å². The molecule has 34 heavy (non-hydrogen) atoms. The zero-order chi connectivity index (χ0) is 26.0. The standard InChI is InChI=1S/C21H30N4O8S/c1-10(2)17(25-18(29)13(22)7-11-3-5-12(26)6-4-11)20(31)24-15(9-34)19(30)23-14(21(32)33)8-16(27)28/h3-6,10,13-15,17,26,34H,7-9,22H2,1-2H3,(H,23,30)(H,24,31)(H,25,29)(H,27,28)(H,32,33). The average Bonchev–Trinajstić information content (AvgIpc) is 2.75. The molecule has 0 bridgehead atoms. The third kappa shape index (κ3) is 9.27. The van der Waals surface area contributed by atoms with Crippen molar-refractivity contribution in [2.24, 2.45) is 11.7 Å². The van der Waals surface area contributed by atoms with Crippen molar-refractivity contribution < 1.29 is 39.3 Å². The molecule has 1 aromatic carbocycles. The predicted octanol–water partition coefficient (Wildman–Crippen LogP) is -1.14. The normalized spacial score (nSPS) is 14.4. The first-order chi connectivity index (χ1) is 15.8. The van der Waals surface area contributed by atoms with E-state index in [0.29, 0.717) is 5.56 Å². The number of thiol groups is 1. The molecule has 0 aromatic heterocycles. The highest BCUT2D eigenvalue weighted by Gasteiger charge is 2.31. The molecule has 0 aliphatic rings. The second-order valence-corrected chi connectivity index (χ2v) is 8.31. The molecule has 13 heteroatoms. The Kier molecular flexibility index (Phi) is 11.3. The third-order valence-corrected chi connectivity index (χ3v) is 5.15. The number of hydrogen-bond acceptors (Lipinski definition) is 8. The van der Waals surface area contributed by atoms with Gasteiger partial charge in [0.15, 0.2) is 0 Å². The Morgan fingerprint density at radius 1 is 0.912 bits per heavy atom. The lowest BCUT2D eigenvalue weighted by atomic mass is 10.0. The number of carboxylic acids is 2. The van der Waals surface area contributed by atoms with Crippen LogP contribution in [0.4, 0.5) is 0 Å². The highest BCUT2D eigenvalue weighted by atomic mass is 32.1. The number of nitrogens with one attached hydrogen (secondary N) is 3. The Balaban J connectivity index is 2.81. The summed E-state index contributed by atoms with van der Waals surface area (Å²) >= 11 is 3.99. The molecule has 188 valence electrons. The van der Waals surface area contributed by atoms with E-state index < -0.39 is 66.2 Å². The first kappa shape index (κ1) is 28.7. The molecule has 4 unspecified atom stereocenters. The number of carboxylic acid groups (broad SMARTS) is 2. The summed E-state index contributed by atoms with van der Waals surface area (Å²) in [6.45, 7) is 3.33. The minimum Gasteiger partial charge on any atom is -0.508 e. The highest BCUT2D eigenvalue weighted by Crippen LogP contribution is 2.11. The van der Waals surface area contributed by atoms with Crippen LogP contribution in [0.3, 0.4) is 0 Å². The van der Waals surface area contributed by atoms with Crippen LogP contribution in [-0.2, 0) is 30.4 Å². The van der Waals surface area contributed by atoms with Gasteiger partial charge in [0, 0.05) is 5.75 Å². The SMILES string of the molecule is CC(C)C(NC(=O)C(N)Cc1ccc(O)cc1)C(=O)NC(CS)C(=O)NC(CC(=O)O)C(=O)O. The van der Waals surface area contributed by atoms with Gasteiger partial charge in [-0.3, -0.25) is 19.2 Å². The Hall–Kier alpha value is -3.32. The topological polar surface area (TPSA) is 208 Å². The second-order valence-electron chi connectivity index (χ2n) is 7.95. The first-order valence-corrected chi connectivity index (χ1v) is 11.0. The lowest BCUT2D eigenvalue weighted by molar-refractivity contribution is -0.147. The van der Waals surface area contributed by atoms with E-state index in [9.17, 15) is 29.1 Å². The van der Waals surface area contributed by atoms with Gasteiger partial charge in [-0.05, 0) is 30.0 Å². The molecule has 1 aromatic rings. The number of benzene rings is 1. The fourth-order valence-corrected chi connectivity index (χ4v) is 3.13. The summed E-state index contributed by atoms with van der Waals surface area (Å²) in [5.41, 5.74) is 6.65. The zero-order valence-electron chi connectivity index (χ0n) is 18.7. The molecule has 3 amide bonds. The number of amides is 3. The van der Waals surface area contributed by atoms with Crippen LogP contribution < -0.4 is 21.7 Å². The largest absolute Gasteiger partial charge is 0.508 e. The number of aromatic hydroxyl groups is 1. The lowest BCUT2D eigenvalue weighted by Crippen LogP contribution is -2.59. The Morgan fingerprint density at radius 3 is 1.94 bits per heavy atom. The molecule has 4 atom stereocenters. The summed E-state index contributed by atoms with van der Waals surface area (Å²) in [4.78, 5) is 59.7. The van der Waals surface area contributed by atoms with E-state index in [1.54, 1.807) is 26.0 Å². The summed E-state index contributed by atoms with van der Waals surface area (Å²) < 4.78 is 0. The Morgan fingerprint density at radius 2 is 1.47 bits per heavy atom. The first-order valence-electron chi connectivity index (χ1n) is 10.4. The van der Waals surface area contributed by atoms with Crippen molar-refractivity contribution in [2.45, 2.75) is 50.9 Å². The van der Waals surface area contributed by atoms with Crippen LogP contribution in [-0.4, -0.2) is 74.9 Å². The number of phenols is 1. The Labute approximate surface area is 201 Å². The number of rotatable bonds is 13. The van der Waals surface area contributed by atoms with E-state index in [2.05, 4.69) is 28.6 Å². The van der Waals surface area contributed by atoms with Crippen LogP contribution in [0.15, 0.2) is 24.3 Å². The van der Waals surface area contributed by atoms with E-state index in [1.165, 1.54) is 12.1 Å². The zero-order valence-corrected chi connectivity index (χ0v) is 19.6. The predicted molar refractivity (Wildman–Crippen MR) is 124 cm³/mol. The molecule has 12 nitrogen and oxygen atoms in total. The third-order valence-electron chi connectivity index (χ3n) is 4.78. The van der Waals surface area contributed by atoms with Crippen molar-refractivity contribution in [3.63, 3.8) is 0 Å². The van der Waals surface area contributed by atoms with Crippen LogP contribution in [0, 0.1) is 5.92 Å². The molecule has 1 rings (SSSR count). The maximum absolute atomic E-state index is 12.8. The molecule has 0 heterocycles. The molecule has 0 fully saturated rings. The monoisotopic (exact) mass is 498 g/mol. The van der Waals surface area contributed by atoms with Gasteiger partial charge in [-0.15, -0.1) is 0 Å². The van der Waals surface area contributed by atoms with Crippen LogP contribution >= 0.6 is 12.6 Å². The molecule has 0 saturated heterocycles. The van der Waals surface area contributed by atoms with Crippen molar-refractivity contribution in [3.05, 3.63) is 29.8 Å². The van der Waals surface area contributed by atoms with Crippen LogP contribution in [0.2, 0.25) is 0 Å². The van der Waals surface area contributed by atoms with Gasteiger partial charge in [0.05, 0.1) is 12.5 Å². The number of carbonyl (C=O) groups is 5. The maximum atomic E-state index is 12.8. The van der Waals surface area contributed by atoms with E-state index >= 15 is 0 Å². The molecule has 0 aliphatic heterocycles. The van der Waals surface area contributed by atoms with Gasteiger partial charge >= 0.3 is 11.9 Å². The van der Waals surface area contributed by atoms with Gasteiger partial charge in [-0.2, -0.15) is 12.6 Å². The minimum absolute atomic E-state index is 0.0683. The molecule has 0 radical (unpaired) electrons. The summed E-state index contributed by atoms with van der Waals surface area (Å²) in [5, 5.41) is 34.2. The molecular formula is C21H30N4O8S. The van der Waals surface area contributed by atoms with Gasteiger partial charge in [0.25, 0.3) is 0 Å². The van der Waals surface area contributed by atoms with Gasteiger partial charge in [0.2, 0.25) is 17.7 Å². The smallest absolute Gasteiger partial charge is 0.326 e. The van der Waals surface area contributed by atoms with Crippen molar-refractivity contribution in [2.75, 3.05) is 5.75 Å². The summed E-state index contributed by atoms with van der Waals surface area (Å²) in [6.07, 6.45) is -0.696. The maximum Gasteiger partial charge on any atom is 0.326 e. The number of nitrogens with two attached hydrogens (primary N) is 1. The Bertz CT molecular complexity index is 893. The number of aliphatic carboxylic acids is 2. The van der Waals surface area contributed by atoms with E-state index in [1.807, 2.05) is 0 Å². The molecule has 8 N–H and O–H groups in total. The van der Waals surface area contributed by atoms with Crippen LogP contribution in [0.1, 0.15) is 25.8 Å². The van der Waals surface area contributed by atoms with Crippen molar-refractivity contribution >= 4 is 42.3 Å². The van der Waals surface area contributed by atoms with Gasteiger partial charge < -0.3 is 37.0 Å². The van der Waals surface area contributed by atoms with Gasteiger partial charge in [-0.1, -0.05) is 26.0 Å². The van der Waals surface area contributed by atoms with Crippen molar-refractivity contribution in [3.8, 4) is 5.75 Å². The molecular weight excluding hydrogens is 468 g/mol. The van der Waals surface area contributed by atoms with Crippen molar-refractivity contribution in [1.82, 2.24) is 16.0 Å². The van der Waals surface area contributed by atoms with E-state index in [0.717, 1.165) is 0 Å². The van der Waals surface area contributed by atoms with E-state index in [4.69, 9.17) is 15.9 Å². The number of hydrogen-bond donors (Lipinski definition) is 8. The lowest BCUT2D eigenvalue weighted by Gasteiger charge is -2.26. The fraction of sp³-hybridized carbons (Fsp3) is 0.476. The fourth-order valence-electron chi connectivity index (χ4n) is 2.88. The van der Waals surface area contributed by atoms with Crippen LogP contribution in [0.5, 0.6) is 5.75 Å². The molecule has 0 saturated carbocycles. The summed E-state index contributed by atoms with van der Waals surface area (Å²) in [6, 6.07) is 1.10. The number of phenolic OH excluding ortho intramolecular Hbond substituents is 1. The minimum atomic E-state index is -1.69. The molecule has 0 aliphatic carbocycles. The highest BCUT2D eigenvalue weighted by molar-refractivity contribution is 7.80. The van der Waals surface area contributed by atoms with Gasteiger partial charge in [0.1, 0.15) is 23.9 Å². The summed E-state index contributed by atoms with van der Waals surface area (Å²) in [5.74, 6) is -5.78. The van der Waals surface area contributed by atoms with Crippen molar-refractivity contribution in [1.29, 1.82) is 0 Å². The molecule has 0 spiro atoms. The quantitative estimate of drug-likeness (QED) is 0.154. The average molecular weight is 499 g/mol.